The number of nitrogens with zero attached hydrogens (tertiary/aromatic N) is 2. The second-order valence-corrected chi connectivity index (χ2v) is 6.54. The molecule has 1 unspecified atom stereocenters. The third-order valence-electron chi connectivity index (χ3n) is 3.09. The molecular weight excluding hydrogens is 292 g/mol. The molecule has 122 valence electrons. The predicted molar refractivity (Wildman–Crippen MR) is 81.7 cm³/mol. The van der Waals surface area contributed by atoms with Gasteiger partial charge in [-0.3, -0.25) is 4.68 Å². The van der Waals surface area contributed by atoms with Crippen molar-refractivity contribution in [3.63, 3.8) is 0 Å². The van der Waals surface area contributed by atoms with Gasteiger partial charge in [-0.05, 0) is 25.9 Å². The maximum Gasteiger partial charge on any atom is 0.244 e. The van der Waals surface area contributed by atoms with E-state index >= 15 is 0 Å². The number of nitrogens with one attached hydrogen (secondary N) is 2. The smallest absolute Gasteiger partial charge is 0.244 e. The standard InChI is InChI=1S/C13H26N4O3S/c1-4-12(11-20-3)16-21(18,19)13-9-15-17(10-13)8-6-7-14-5-2/h9-10,12,14,16H,4-8,11H2,1-3H3. The van der Waals surface area contributed by atoms with Crippen molar-refractivity contribution < 1.29 is 13.2 Å². The molecule has 1 atom stereocenters. The minimum Gasteiger partial charge on any atom is -0.383 e. The Morgan fingerprint density at radius 1 is 1.43 bits per heavy atom. The van der Waals surface area contributed by atoms with Crippen molar-refractivity contribution in [1.82, 2.24) is 19.8 Å². The largest absolute Gasteiger partial charge is 0.383 e. The fourth-order valence-corrected chi connectivity index (χ4v) is 3.13. The number of methoxy groups -OCH3 is 1. The molecule has 8 heteroatoms. The quantitative estimate of drug-likeness (QED) is 0.583. The molecule has 1 aromatic heterocycles. The molecule has 0 aromatic carbocycles. The molecule has 0 radical (unpaired) electrons. The van der Waals surface area contributed by atoms with Crippen molar-refractivity contribution in [2.45, 2.75) is 44.2 Å². The lowest BCUT2D eigenvalue weighted by molar-refractivity contribution is 0.173. The second-order valence-electron chi connectivity index (χ2n) is 4.83. The molecule has 0 aliphatic carbocycles. The van der Waals surface area contributed by atoms with Crippen LogP contribution in [0.1, 0.15) is 26.7 Å². The maximum atomic E-state index is 12.2. The van der Waals surface area contributed by atoms with Gasteiger partial charge in [-0.15, -0.1) is 0 Å². The first kappa shape index (κ1) is 18.1. The van der Waals surface area contributed by atoms with Crippen molar-refractivity contribution in [3.8, 4) is 0 Å². The predicted octanol–water partition coefficient (Wildman–Crippen LogP) is 0.586. The molecule has 0 spiro atoms. The Labute approximate surface area is 127 Å². The number of sulfonamides is 1. The van der Waals surface area contributed by atoms with Crippen molar-refractivity contribution in [2.75, 3.05) is 26.8 Å². The van der Waals surface area contributed by atoms with E-state index in [1.54, 1.807) is 18.0 Å². The summed E-state index contributed by atoms with van der Waals surface area (Å²) in [6.45, 7) is 6.83. The van der Waals surface area contributed by atoms with Gasteiger partial charge in [0, 0.05) is 25.9 Å². The Hall–Kier alpha value is -0.960. The monoisotopic (exact) mass is 318 g/mol. The minimum atomic E-state index is -3.54. The number of ether oxygens (including phenoxy) is 1. The molecule has 21 heavy (non-hydrogen) atoms. The Bertz CT molecular complexity index is 501. The number of hydrogen-bond acceptors (Lipinski definition) is 5. The zero-order valence-electron chi connectivity index (χ0n) is 13.0. The van der Waals surface area contributed by atoms with Gasteiger partial charge in [-0.25, -0.2) is 13.1 Å². The lowest BCUT2D eigenvalue weighted by Crippen LogP contribution is -2.37. The van der Waals surface area contributed by atoms with E-state index in [1.807, 2.05) is 6.92 Å². The molecule has 2 N–H and O–H groups in total. The molecule has 1 heterocycles. The topological polar surface area (TPSA) is 85.2 Å². The van der Waals surface area contributed by atoms with Gasteiger partial charge in [-0.1, -0.05) is 13.8 Å². The Kier molecular flexibility index (Phi) is 7.87. The number of aryl methyl sites for hydroxylation is 1. The number of hydrogen-bond donors (Lipinski definition) is 2. The van der Waals surface area contributed by atoms with Crippen molar-refractivity contribution in [3.05, 3.63) is 12.4 Å². The number of aromatic nitrogens is 2. The van der Waals surface area contributed by atoms with E-state index in [0.29, 0.717) is 19.6 Å². The molecule has 1 aromatic rings. The third-order valence-corrected chi connectivity index (χ3v) is 4.57. The fourth-order valence-electron chi connectivity index (χ4n) is 1.87. The summed E-state index contributed by atoms with van der Waals surface area (Å²) in [4.78, 5) is 0.195. The van der Waals surface area contributed by atoms with Gasteiger partial charge in [0.15, 0.2) is 0 Å². The van der Waals surface area contributed by atoms with Gasteiger partial charge in [0.1, 0.15) is 4.90 Å². The van der Waals surface area contributed by atoms with E-state index < -0.39 is 10.0 Å². The van der Waals surface area contributed by atoms with Gasteiger partial charge < -0.3 is 10.1 Å². The van der Waals surface area contributed by atoms with Gasteiger partial charge in [0.25, 0.3) is 0 Å². The molecule has 1 rings (SSSR count). The first-order valence-electron chi connectivity index (χ1n) is 7.27. The van der Waals surface area contributed by atoms with Gasteiger partial charge in [0.2, 0.25) is 10.0 Å². The van der Waals surface area contributed by atoms with Crippen LogP contribution in [0.15, 0.2) is 17.3 Å². The van der Waals surface area contributed by atoms with Crippen LogP contribution in [0.2, 0.25) is 0 Å². The highest BCUT2D eigenvalue weighted by Crippen LogP contribution is 2.09. The van der Waals surface area contributed by atoms with E-state index in [0.717, 1.165) is 19.5 Å². The van der Waals surface area contributed by atoms with Crippen LogP contribution in [0, 0.1) is 0 Å². The van der Waals surface area contributed by atoms with Crippen LogP contribution in [-0.2, 0) is 21.3 Å². The Balaban J connectivity index is 2.61. The molecule has 0 fully saturated rings. The van der Waals surface area contributed by atoms with Crippen LogP contribution in [-0.4, -0.2) is 51.0 Å². The lowest BCUT2D eigenvalue weighted by atomic mass is 10.3. The second kappa shape index (κ2) is 9.14. The highest BCUT2D eigenvalue weighted by Gasteiger charge is 2.20. The van der Waals surface area contributed by atoms with E-state index in [2.05, 4.69) is 22.1 Å². The molecule has 0 bridgehead atoms. The molecule has 7 nitrogen and oxygen atoms in total. The molecule has 0 saturated heterocycles. The lowest BCUT2D eigenvalue weighted by Gasteiger charge is -2.15. The third kappa shape index (κ3) is 6.13. The Morgan fingerprint density at radius 2 is 2.19 bits per heavy atom. The summed E-state index contributed by atoms with van der Waals surface area (Å²) in [6, 6.07) is -0.225. The van der Waals surface area contributed by atoms with Crippen molar-refractivity contribution in [1.29, 1.82) is 0 Å². The van der Waals surface area contributed by atoms with E-state index in [-0.39, 0.29) is 10.9 Å². The Morgan fingerprint density at radius 3 is 2.81 bits per heavy atom. The molecule has 0 aliphatic heterocycles. The summed E-state index contributed by atoms with van der Waals surface area (Å²) in [5.74, 6) is 0. The summed E-state index contributed by atoms with van der Waals surface area (Å²) < 4.78 is 33.8. The van der Waals surface area contributed by atoms with Crippen LogP contribution in [0.5, 0.6) is 0 Å². The van der Waals surface area contributed by atoms with E-state index in [4.69, 9.17) is 4.74 Å². The van der Waals surface area contributed by atoms with E-state index in [1.165, 1.54) is 6.20 Å². The molecule has 0 amide bonds. The summed E-state index contributed by atoms with van der Waals surface area (Å²) >= 11 is 0. The zero-order chi connectivity index (χ0) is 15.7. The first-order chi connectivity index (χ1) is 10.0. The molecule has 0 aliphatic rings. The van der Waals surface area contributed by atoms with Gasteiger partial charge in [-0.2, -0.15) is 5.10 Å². The highest BCUT2D eigenvalue weighted by atomic mass is 32.2. The summed E-state index contributed by atoms with van der Waals surface area (Å²) in [5, 5.41) is 7.32. The van der Waals surface area contributed by atoms with Crippen LogP contribution >= 0.6 is 0 Å². The molecule has 0 saturated carbocycles. The van der Waals surface area contributed by atoms with Crippen molar-refractivity contribution >= 4 is 10.0 Å². The van der Waals surface area contributed by atoms with Crippen LogP contribution in [0.25, 0.3) is 0 Å². The number of rotatable bonds is 11. The minimum absolute atomic E-state index is 0.195. The maximum absolute atomic E-state index is 12.2. The normalized spacial score (nSPS) is 13.5. The average molecular weight is 318 g/mol. The SMILES string of the molecule is CCNCCCn1cc(S(=O)(=O)NC(CC)COC)cn1. The van der Waals surface area contributed by atoms with Crippen LogP contribution in [0.3, 0.4) is 0 Å². The summed E-state index contributed by atoms with van der Waals surface area (Å²) in [6.07, 6.45) is 4.52. The highest BCUT2D eigenvalue weighted by molar-refractivity contribution is 7.89. The fraction of sp³-hybridized carbons (Fsp3) is 0.769. The summed E-state index contributed by atoms with van der Waals surface area (Å²) in [7, 11) is -1.98. The van der Waals surface area contributed by atoms with Crippen LogP contribution < -0.4 is 10.0 Å². The average Bonchev–Trinajstić information content (AvgIpc) is 2.92. The zero-order valence-corrected chi connectivity index (χ0v) is 13.8. The first-order valence-corrected chi connectivity index (χ1v) is 8.76. The molecular formula is C13H26N4O3S. The van der Waals surface area contributed by atoms with Gasteiger partial charge in [0.05, 0.1) is 12.8 Å². The van der Waals surface area contributed by atoms with E-state index in [9.17, 15) is 8.42 Å². The van der Waals surface area contributed by atoms with Gasteiger partial charge >= 0.3 is 0 Å². The summed E-state index contributed by atoms with van der Waals surface area (Å²) in [5.41, 5.74) is 0. The van der Waals surface area contributed by atoms with Crippen LogP contribution in [0.4, 0.5) is 0 Å². The van der Waals surface area contributed by atoms with Crippen molar-refractivity contribution in [2.24, 2.45) is 0 Å².